The molecule has 0 saturated carbocycles. The van der Waals surface area contributed by atoms with Crippen molar-refractivity contribution in [2.75, 3.05) is 13.2 Å². The molecular weight excluding hydrogens is 384 g/mol. The van der Waals surface area contributed by atoms with E-state index in [4.69, 9.17) is 9.84 Å². The first-order chi connectivity index (χ1) is 14.2. The van der Waals surface area contributed by atoms with E-state index in [0.29, 0.717) is 24.2 Å². The highest BCUT2D eigenvalue weighted by Crippen LogP contribution is 2.04. The van der Waals surface area contributed by atoms with E-state index < -0.39 is 11.9 Å². The minimum Gasteiger partial charge on any atom is -0.478 e. The predicted molar refractivity (Wildman–Crippen MR) is 118 cm³/mol. The highest BCUT2D eigenvalue weighted by Gasteiger charge is 2.04. The van der Waals surface area contributed by atoms with Crippen molar-refractivity contribution in [1.82, 2.24) is 0 Å². The average molecular weight is 414 g/mol. The van der Waals surface area contributed by atoms with Crippen LogP contribution in [0.25, 0.3) is 6.08 Å². The molecule has 0 aliphatic heterocycles. The van der Waals surface area contributed by atoms with Gasteiger partial charge in [0.1, 0.15) is 0 Å². The van der Waals surface area contributed by atoms with Gasteiger partial charge in [-0.05, 0) is 33.3 Å². The monoisotopic (exact) mass is 414 g/mol. The predicted octanol–water partition coefficient (Wildman–Crippen LogP) is 4.74. The van der Waals surface area contributed by atoms with Crippen molar-refractivity contribution >= 4 is 24.0 Å². The number of esters is 2. The molecule has 1 aromatic rings. The fourth-order valence-corrected chi connectivity index (χ4v) is 1.82. The molecule has 0 aliphatic carbocycles. The van der Waals surface area contributed by atoms with Crippen LogP contribution in [0.4, 0.5) is 0 Å². The molecule has 1 N–H and O–H groups in total. The number of aliphatic carboxylic acids is 1. The summed E-state index contributed by atoms with van der Waals surface area (Å²) in [6, 6.07) is 9.76. The van der Waals surface area contributed by atoms with Crippen LogP contribution in [0, 0.1) is 0 Å². The van der Waals surface area contributed by atoms with Gasteiger partial charge in [-0.3, -0.25) is 0 Å². The van der Waals surface area contributed by atoms with Crippen LogP contribution in [0.5, 0.6) is 0 Å². The summed E-state index contributed by atoms with van der Waals surface area (Å²) < 4.78 is 9.62. The Morgan fingerprint density at radius 1 is 1.00 bits per heavy atom. The van der Waals surface area contributed by atoms with Crippen LogP contribution in [0.2, 0.25) is 0 Å². The summed E-state index contributed by atoms with van der Waals surface area (Å²) >= 11 is 0. The number of ether oxygens (including phenoxy) is 2. The molecule has 30 heavy (non-hydrogen) atoms. The molecule has 0 saturated heterocycles. The summed E-state index contributed by atoms with van der Waals surface area (Å²) in [6.45, 7) is 10.6. The minimum atomic E-state index is -0.964. The van der Waals surface area contributed by atoms with E-state index in [0.717, 1.165) is 5.56 Å². The van der Waals surface area contributed by atoms with E-state index >= 15 is 0 Å². The Hall–Kier alpha value is -3.41. The first kappa shape index (κ1) is 26.6. The fraction of sp³-hybridized carbons (Fsp3) is 0.292. The summed E-state index contributed by atoms with van der Waals surface area (Å²) in [5.74, 6) is -1.68. The van der Waals surface area contributed by atoms with Gasteiger partial charge in [-0.2, -0.15) is 0 Å². The molecule has 0 fully saturated rings. The maximum Gasteiger partial charge on any atom is 0.333 e. The summed E-state index contributed by atoms with van der Waals surface area (Å²) in [4.78, 5) is 32.7. The van der Waals surface area contributed by atoms with Crippen LogP contribution >= 0.6 is 0 Å². The smallest absolute Gasteiger partial charge is 0.333 e. The van der Waals surface area contributed by atoms with Crippen LogP contribution in [0.15, 0.2) is 71.9 Å². The topological polar surface area (TPSA) is 89.9 Å². The molecule has 1 rings (SSSR count). The lowest BCUT2D eigenvalue weighted by atomic mass is 10.2. The number of hydrogen-bond donors (Lipinski definition) is 1. The lowest BCUT2D eigenvalue weighted by molar-refractivity contribution is -0.139. The highest BCUT2D eigenvalue weighted by molar-refractivity contribution is 5.88. The van der Waals surface area contributed by atoms with Gasteiger partial charge in [-0.1, -0.05) is 61.2 Å². The summed E-state index contributed by atoms with van der Waals surface area (Å²) in [5.41, 5.74) is 2.24. The normalized spacial score (nSPS) is 11.3. The number of carboxylic acids is 1. The maximum atomic E-state index is 11.7. The third-order valence-electron chi connectivity index (χ3n) is 3.52. The lowest BCUT2D eigenvalue weighted by Gasteiger charge is -2.02. The maximum absolute atomic E-state index is 11.7. The van der Waals surface area contributed by atoms with Gasteiger partial charge in [0.15, 0.2) is 0 Å². The van der Waals surface area contributed by atoms with Crippen LogP contribution in [0.1, 0.15) is 39.7 Å². The molecule has 0 amide bonds. The molecule has 0 aliphatic rings. The Kier molecular flexibility index (Phi) is 13.7. The molecule has 0 unspecified atom stereocenters. The van der Waals surface area contributed by atoms with Gasteiger partial charge in [0.25, 0.3) is 0 Å². The number of carbonyl (C=O) groups is 3. The van der Waals surface area contributed by atoms with Gasteiger partial charge < -0.3 is 14.6 Å². The van der Waals surface area contributed by atoms with E-state index in [1.54, 1.807) is 32.9 Å². The average Bonchev–Trinajstić information content (AvgIpc) is 2.72. The Labute approximate surface area is 178 Å². The second-order valence-corrected chi connectivity index (χ2v) is 6.24. The zero-order valence-electron chi connectivity index (χ0n) is 18.0. The van der Waals surface area contributed by atoms with Gasteiger partial charge in [-0.25, -0.2) is 14.4 Å². The van der Waals surface area contributed by atoms with Crippen molar-refractivity contribution < 1.29 is 29.0 Å². The fourth-order valence-electron chi connectivity index (χ4n) is 1.82. The quantitative estimate of drug-likeness (QED) is 0.272. The van der Waals surface area contributed by atoms with Crippen molar-refractivity contribution in [2.45, 2.75) is 34.1 Å². The number of carbonyl (C=O) groups excluding carboxylic acids is 2. The second-order valence-electron chi connectivity index (χ2n) is 6.24. The summed E-state index contributed by atoms with van der Waals surface area (Å²) in [7, 11) is 0. The highest BCUT2D eigenvalue weighted by atomic mass is 16.5. The zero-order chi connectivity index (χ0) is 22.9. The van der Waals surface area contributed by atoms with Crippen molar-refractivity contribution in [3.8, 4) is 0 Å². The van der Waals surface area contributed by atoms with Crippen molar-refractivity contribution in [2.24, 2.45) is 0 Å². The van der Waals surface area contributed by atoms with Gasteiger partial charge in [0.2, 0.25) is 0 Å². The number of allylic oxidation sites excluding steroid dienone is 2. The largest absolute Gasteiger partial charge is 0.478 e. The van der Waals surface area contributed by atoms with Crippen LogP contribution in [0.3, 0.4) is 0 Å². The Balaban J connectivity index is 0.000000890. The lowest BCUT2D eigenvalue weighted by Crippen LogP contribution is -2.06. The molecule has 162 valence electrons. The van der Waals surface area contributed by atoms with Gasteiger partial charge in [0, 0.05) is 23.1 Å². The van der Waals surface area contributed by atoms with Gasteiger partial charge in [-0.15, -0.1) is 0 Å². The molecule has 6 heteroatoms. The minimum absolute atomic E-state index is 0.164. The van der Waals surface area contributed by atoms with Gasteiger partial charge >= 0.3 is 17.9 Å². The molecule has 6 nitrogen and oxygen atoms in total. The van der Waals surface area contributed by atoms with E-state index in [-0.39, 0.29) is 18.1 Å². The third-order valence-corrected chi connectivity index (χ3v) is 3.52. The standard InChI is InChI=1S/C18H20O4.C6H10O2/c1-14(17(19)20)9-7-13-22-18(21)15(2)8-6-12-16-10-4-3-5-11-16;1-4-8-6(7)5(2)3/h3-6,8-12H,7,13H2,1-2H3,(H,19,20);2,4H2,1,3H3. The van der Waals surface area contributed by atoms with Crippen molar-refractivity contribution in [3.63, 3.8) is 0 Å². The Morgan fingerprint density at radius 2 is 1.63 bits per heavy atom. The Bertz CT molecular complexity index is 800. The van der Waals surface area contributed by atoms with E-state index in [9.17, 15) is 14.4 Å². The van der Waals surface area contributed by atoms with Gasteiger partial charge in [0.05, 0.1) is 13.2 Å². The zero-order valence-corrected chi connectivity index (χ0v) is 18.0. The summed E-state index contributed by atoms with van der Waals surface area (Å²) in [6.07, 6.45) is 7.30. The molecule has 0 spiro atoms. The molecule has 1 aromatic carbocycles. The first-order valence-electron chi connectivity index (χ1n) is 9.48. The molecule has 0 atom stereocenters. The molecule has 0 radical (unpaired) electrons. The van der Waals surface area contributed by atoms with E-state index in [1.165, 1.54) is 13.0 Å². The van der Waals surface area contributed by atoms with Crippen LogP contribution < -0.4 is 0 Å². The van der Waals surface area contributed by atoms with E-state index in [1.807, 2.05) is 36.4 Å². The first-order valence-corrected chi connectivity index (χ1v) is 9.48. The van der Waals surface area contributed by atoms with Crippen molar-refractivity contribution in [3.05, 3.63) is 77.4 Å². The number of carboxylic acid groups (broad SMARTS) is 1. The van der Waals surface area contributed by atoms with Crippen LogP contribution in [-0.2, 0) is 23.9 Å². The summed E-state index contributed by atoms with van der Waals surface area (Å²) in [5, 5.41) is 8.68. The third kappa shape index (κ3) is 12.9. The molecule has 0 bridgehead atoms. The number of rotatable bonds is 9. The second kappa shape index (κ2) is 15.5. The number of benzene rings is 1. The molecular formula is C24H30O6. The van der Waals surface area contributed by atoms with Crippen molar-refractivity contribution in [1.29, 1.82) is 0 Å². The molecule has 0 heterocycles. The Morgan fingerprint density at radius 3 is 2.13 bits per heavy atom. The SMILES string of the molecule is C=C(C)C(=O)OCC.CC(=CCCOC(=O)C(C)=CC=Cc1ccccc1)C(=O)O. The van der Waals surface area contributed by atoms with Crippen LogP contribution in [-0.4, -0.2) is 36.2 Å². The number of hydrogen-bond acceptors (Lipinski definition) is 5. The van der Waals surface area contributed by atoms with E-state index in [2.05, 4.69) is 11.3 Å². The molecule has 0 aromatic heterocycles.